The average molecular weight is 276 g/mol. The number of nitrogens with two attached hydrogens (primary N) is 2. The van der Waals surface area contributed by atoms with E-state index >= 15 is 0 Å². The van der Waals surface area contributed by atoms with E-state index in [1.165, 1.54) is 11.1 Å². The Labute approximate surface area is 115 Å². The number of amides is 1. The number of thiophene rings is 1. The monoisotopic (exact) mass is 276 g/mol. The molecule has 2 heterocycles. The summed E-state index contributed by atoms with van der Waals surface area (Å²) in [7, 11) is 0. The zero-order chi connectivity index (χ0) is 13.8. The lowest BCUT2D eigenvalue weighted by molar-refractivity contribution is 0.100. The fourth-order valence-corrected chi connectivity index (χ4v) is 2.66. The first-order valence-corrected chi connectivity index (χ1v) is 6.85. The van der Waals surface area contributed by atoms with Gasteiger partial charge in [0.1, 0.15) is 5.82 Å². The molecule has 0 aliphatic rings. The molecule has 5 N–H and O–H groups in total. The molecule has 0 spiro atoms. The molecule has 0 saturated carbocycles. The SMILES string of the molecule is CCC(Nc1cc(C(N)=O)c(N)cn1)c1cccs1. The molecule has 2 aromatic heterocycles. The van der Waals surface area contributed by atoms with Gasteiger partial charge in [-0.1, -0.05) is 13.0 Å². The van der Waals surface area contributed by atoms with Gasteiger partial charge in [-0.2, -0.15) is 0 Å². The van der Waals surface area contributed by atoms with Gasteiger partial charge in [-0.15, -0.1) is 11.3 Å². The molecule has 19 heavy (non-hydrogen) atoms. The smallest absolute Gasteiger partial charge is 0.250 e. The van der Waals surface area contributed by atoms with Gasteiger partial charge in [0.25, 0.3) is 5.91 Å². The van der Waals surface area contributed by atoms with E-state index in [0.29, 0.717) is 17.1 Å². The predicted octanol–water partition coefficient (Wildman–Crippen LogP) is 2.39. The Morgan fingerprint density at radius 3 is 2.95 bits per heavy atom. The molecule has 0 bridgehead atoms. The third-order valence-electron chi connectivity index (χ3n) is 2.82. The number of carbonyl (C=O) groups is 1. The maximum absolute atomic E-state index is 11.2. The predicted molar refractivity (Wildman–Crippen MR) is 78.1 cm³/mol. The Morgan fingerprint density at radius 1 is 1.58 bits per heavy atom. The van der Waals surface area contributed by atoms with Gasteiger partial charge < -0.3 is 16.8 Å². The largest absolute Gasteiger partial charge is 0.397 e. The van der Waals surface area contributed by atoms with Crippen LogP contribution in [-0.2, 0) is 0 Å². The normalized spacial score (nSPS) is 12.1. The molecule has 6 heteroatoms. The number of pyridine rings is 1. The maximum atomic E-state index is 11.2. The van der Waals surface area contributed by atoms with Crippen molar-refractivity contribution in [3.05, 3.63) is 40.2 Å². The van der Waals surface area contributed by atoms with Gasteiger partial charge in [0, 0.05) is 4.88 Å². The van der Waals surface area contributed by atoms with Crippen LogP contribution in [0.4, 0.5) is 11.5 Å². The second-order valence-electron chi connectivity index (χ2n) is 4.14. The molecule has 5 nitrogen and oxygen atoms in total. The molecule has 100 valence electrons. The van der Waals surface area contributed by atoms with E-state index < -0.39 is 5.91 Å². The summed E-state index contributed by atoms with van der Waals surface area (Å²) in [5.41, 5.74) is 11.5. The summed E-state index contributed by atoms with van der Waals surface area (Å²) in [6.07, 6.45) is 2.36. The summed E-state index contributed by atoms with van der Waals surface area (Å²) in [4.78, 5) is 16.7. The number of aromatic nitrogens is 1. The van der Waals surface area contributed by atoms with E-state index in [9.17, 15) is 4.79 Å². The molecule has 0 fully saturated rings. The first-order chi connectivity index (χ1) is 9.11. The molecular formula is C13H16N4OS. The van der Waals surface area contributed by atoms with Crippen LogP contribution in [-0.4, -0.2) is 10.9 Å². The summed E-state index contributed by atoms with van der Waals surface area (Å²) >= 11 is 1.68. The van der Waals surface area contributed by atoms with Crippen LogP contribution in [0.15, 0.2) is 29.8 Å². The van der Waals surface area contributed by atoms with Crippen LogP contribution in [0.5, 0.6) is 0 Å². The number of anilines is 2. The third kappa shape index (κ3) is 3.03. The summed E-state index contributed by atoms with van der Waals surface area (Å²) in [5, 5.41) is 5.32. The topological polar surface area (TPSA) is 94.0 Å². The highest BCUT2D eigenvalue weighted by Crippen LogP contribution is 2.26. The van der Waals surface area contributed by atoms with Gasteiger partial charge in [-0.3, -0.25) is 4.79 Å². The third-order valence-corrected chi connectivity index (χ3v) is 3.80. The highest BCUT2D eigenvalue weighted by Gasteiger charge is 2.13. The van der Waals surface area contributed by atoms with E-state index in [1.807, 2.05) is 11.4 Å². The first-order valence-electron chi connectivity index (χ1n) is 5.97. The lowest BCUT2D eigenvalue weighted by atomic mass is 10.1. The quantitative estimate of drug-likeness (QED) is 0.781. The van der Waals surface area contributed by atoms with Gasteiger partial charge in [-0.25, -0.2) is 4.98 Å². The molecular weight excluding hydrogens is 260 g/mol. The standard InChI is InChI=1S/C13H16N4OS/c1-2-10(11-4-3-5-19-11)17-12-6-8(13(15)18)9(14)7-16-12/h3-7,10H,2,14H2,1H3,(H2,15,18)(H,16,17). The van der Waals surface area contributed by atoms with Crippen LogP contribution >= 0.6 is 11.3 Å². The first kappa shape index (κ1) is 13.4. The van der Waals surface area contributed by atoms with Crippen molar-refractivity contribution in [2.75, 3.05) is 11.1 Å². The fraction of sp³-hybridized carbons (Fsp3) is 0.231. The number of nitrogens with zero attached hydrogens (tertiary/aromatic N) is 1. The Bertz CT molecular complexity index is 568. The fourth-order valence-electron chi connectivity index (χ4n) is 1.80. The van der Waals surface area contributed by atoms with Crippen molar-refractivity contribution in [1.82, 2.24) is 4.98 Å². The Kier molecular flexibility index (Phi) is 4.01. The number of hydrogen-bond acceptors (Lipinski definition) is 5. The number of nitrogens with one attached hydrogen (secondary N) is 1. The van der Waals surface area contributed by atoms with Gasteiger partial charge >= 0.3 is 0 Å². The summed E-state index contributed by atoms with van der Waals surface area (Å²) in [6, 6.07) is 5.83. The maximum Gasteiger partial charge on any atom is 0.250 e. The molecule has 2 aromatic rings. The molecule has 1 amide bonds. The minimum absolute atomic E-state index is 0.164. The Balaban J connectivity index is 2.23. The summed E-state index contributed by atoms with van der Waals surface area (Å²) in [5.74, 6) is 0.0513. The highest BCUT2D eigenvalue weighted by molar-refractivity contribution is 7.10. The van der Waals surface area contributed by atoms with Crippen LogP contribution in [0, 0.1) is 0 Å². The zero-order valence-electron chi connectivity index (χ0n) is 10.6. The molecule has 0 saturated heterocycles. The van der Waals surface area contributed by atoms with Crippen molar-refractivity contribution in [3.8, 4) is 0 Å². The second-order valence-corrected chi connectivity index (χ2v) is 5.12. The number of primary amides is 1. The average Bonchev–Trinajstić information content (AvgIpc) is 2.91. The van der Waals surface area contributed by atoms with E-state index in [-0.39, 0.29) is 6.04 Å². The Hall–Kier alpha value is -2.08. The molecule has 0 aliphatic carbocycles. The number of carbonyl (C=O) groups excluding carboxylic acids is 1. The van der Waals surface area contributed by atoms with Gasteiger partial charge in [0.15, 0.2) is 0 Å². The summed E-state index contributed by atoms with van der Waals surface area (Å²) < 4.78 is 0. The van der Waals surface area contributed by atoms with E-state index in [1.54, 1.807) is 17.4 Å². The Morgan fingerprint density at radius 2 is 2.37 bits per heavy atom. The number of rotatable bonds is 5. The molecule has 0 aromatic carbocycles. The lowest BCUT2D eigenvalue weighted by Gasteiger charge is -2.16. The molecule has 0 radical (unpaired) electrons. The number of hydrogen-bond donors (Lipinski definition) is 3. The van der Waals surface area contributed by atoms with Gasteiger partial charge in [0.2, 0.25) is 0 Å². The molecule has 1 atom stereocenters. The lowest BCUT2D eigenvalue weighted by Crippen LogP contribution is -2.16. The summed E-state index contributed by atoms with van der Waals surface area (Å²) in [6.45, 7) is 2.09. The van der Waals surface area contributed by atoms with Gasteiger partial charge in [-0.05, 0) is 23.9 Å². The van der Waals surface area contributed by atoms with E-state index in [4.69, 9.17) is 11.5 Å². The van der Waals surface area contributed by atoms with Crippen molar-refractivity contribution >= 4 is 28.7 Å². The van der Waals surface area contributed by atoms with Crippen LogP contribution in [0.2, 0.25) is 0 Å². The van der Waals surface area contributed by atoms with Crippen LogP contribution in [0.3, 0.4) is 0 Å². The van der Waals surface area contributed by atoms with Crippen LogP contribution in [0.1, 0.15) is 34.6 Å². The van der Waals surface area contributed by atoms with Crippen LogP contribution in [0.25, 0.3) is 0 Å². The van der Waals surface area contributed by atoms with Crippen molar-refractivity contribution in [2.24, 2.45) is 5.73 Å². The van der Waals surface area contributed by atoms with E-state index in [2.05, 4.69) is 23.3 Å². The van der Waals surface area contributed by atoms with Crippen molar-refractivity contribution < 1.29 is 4.79 Å². The zero-order valence-corrected chi connectivity index (χ0v) is 11.4. The molecule has 2 rings (SSSR count). The second kappa shape index (κ2) is 5.71. The van der Waals surface area contributed by atoms with Crippen molar-refractivity contribution in [2.45, 2.75) is 19.4 Å². The van der Waals surface area contributed by atoms with Crippen LogP contribution < -0.4 is 16.8 Å². The van der Waals surface area contributed by atoms with Gasteiger partial charge in [0.05, 0.1) is 23.5 Å². The molecule has 0 aliphatic heterocycles. The molecule has 1 unspecified atom stereocenters. The van der Waals surface area contributed by atoms with Crippen molar-refractivity contribution in [3.63, 3.8) is 0 Å². The highest BCUT2D eigenvalue weighted by atomic mass is 32.1. The minimum Gasteiger partial charge on any atom is -0.397 e. The van der Waals surface area contributed by atoms with E-state index in [0.717, 1.165) is 6.42 Å². The van der Waals surface area contributed by atoms with Crippen molar-refractivity contribution in [1.29, 1.82) is 0 Å². The number of nitrogen functional groups attached to an aromatic ring is 1. The minimum atomic E-state index is -0.549.